The Bertz CT molecular complexity index is 785. The van der Waals surface area contributed by atoms with Crippen molar-refractivity contribution in [2.45, 2.75) is 32.1 Å². The average molecular weight is 444 g/mol. The van der Waals surface area contributed by atoms with Crippen LogP contribution in [0.25, 0.3) is 0 Å². The van der Waals surface area contributed by atoms with Crippen LogP contribution in [0.3, 0.4) is 0 Å². The molecule has 0 bridgehead atoms. The third kappa shape index (κ3) is 11.3. The molecule has 3 nitrogen and oxygen atoms in total. The van der Waals surface area contributed by atoms with Crippen LogP contribution in [-0.2, 0) is 19.3 Å². The highest BCUT2D eigenvalue weighted by Gasteiger charge is 2.05. The minimum absolute atomic E-state index is 1.05. The summed E-state index contributed by atoms with van der Waals surface area (Å²) in [6.07, 6.45) is 5.74. The minimum atomic E-state index is 1.05. The fraction of sp³-hybridized carbons (Fsp3) is 0.400. The largest absolute Gasteiger partial charge is 0.316 e. The summed E-state index contributed by atoms with van der Waals surface area (Å²) in [5.74, 6) is 0. The summed E-state index contributed by atoms with van der Waals surface area (Å²) in [6.45, 7) is 7.75. The van der Waals surface area contributed by atoms with Crippen molar-refractivity contribution in [1.82, 2.24) is 15.5 Å². The molecule has 0 heterocycles. The smallest absolute Gasteiger partial charge is 0.00218 e. The van der Waals surface area contributed by atoms with E-state index in [1.165, 1.54) is 29.5 Å². The standard InChI is InChI=1S/C30H41N3/c1-4-12-28(13-5-1)18-23-31-21-10-25-33(27-20-30-16-8-3-9-17-30)26-11-22-32-24-19-29-14-6-2-7-15-29/h1-9,12-17,31-32H,10-11,18-27H2. The van der Waals surface area contributed by atoms with Gasteiger partial charge in [0.05, 0.1) is 0 Å². The van der Waals surface area contributed by atoms with E-state index >= 15 is 0 Å². The fourth-order valence-electron chi connectivity index (χ4n) is 4.13. The molecule has 33 heavy (non-hydrogen) atoms. The lowest BCUT2D eigenvalue weighted by Crippen LogP contribution is -2.32. The van der Waals surface area contributed by atoms with Crippen LogP contribution < -0.4 is 10.6 Å². The van der Waals surface area contributed by atoms with Crippen molar-refractivity contribution in [3.05, 3.63) is 108 Å². The molecule has 3 aromatic carbocycles. The molecule has 0 aliphatic carbocycles. The van der Waals surface area contributed by atoms with Gasteiger partial charge < -0.3 is 15.5 Å². The highest BCUT2D eigenvalue weighted by molar-refractivity contribution is 5.16. The molecule has 0 aromatic heterocycles. The summed E-state index contributed by atoms with van der Waals surface area (Å²) in [4.78, 5) is 2.64. The molecule has 0 fully saturated rings. The molecule has 0 unspecified atom stereocenters. The summed E-state index contributed by atoms with van der Waals surface area (Å²) in [5.41, 5.74) is 4.26. The first kappa shape index (κ1) is 25.2. The van der Waals surface area contributed by atoms with Crippen molar-refractivity contribution < 1.29 is 0 Å². The molecule has 0 atom stereocenters. The van der Waals surface area contributed by atoms with Gasteiger partial charge in [-0.3, -0.25) is 0 Å². The Morgan fingerprint density at radius 1 is 0.424 bits per heavy atom. The maximum Gasteiger partial charge on any atom is 0.00218 e. The van der Waals surface area contributed by atoms with E-state index in [4.69, 9.17) is 0 Å². The lowest BCUT2D eigenvalue weighted by atomic mass is 10.1. The molecule has 3 aromatic rings. The van der Waals surface area contributed by atoms with Gasteiger partial charge in [-0.2, -0.15) is 0 Å². The quantitative estimate of drug-likeness (QED) is 0.288. The maximum atomic E-state index is 3.62. The van der Waals surface area contributed by atoms with Gasteiger partial charge in [0, 0.05) is 6.54 Å². The highest BCUT2D eigenvalue weighted by Crippen LogP contribution is 2.04. The number of rotatable bonds is 17. The second kappa shape index (κ2) is 16.2. The van der Waals surface area contributed by atoms with Crippen LogP contribution in [0, 0.1) is 0 Å². The van der Waals surface area contributed by atoms with E-state index in [9.17, 15) is 0 Å². The van der Waals surface area contributed by atoms with Gasteiger partial charge in [-0.25, -0.2) is 0 Å². The van der Waals surface area contributed by atoms with Crippen molar-refractivity contribution in [3.8, 4) is 0 Å². The number of hydrogen-bond donors (Lipinski definition) is 2. The summed E-state index contributed by atoms with van der Waals surface area (Å²) in [5, 5.41) is 7.25. The molecule has 0 aliphatic rings. The first-order valence-electron chi connectivity index (χ1n) is 12.7. The molecular weight excluding hydrogens is 402 g/mol. The lowest BCUT2D eigenvalue weighted by Gasteiger charge is -2.22. The molecule has 0 amide bonds. The molecule has 176 valence electrons. The van der Waals surface area contributed by atoms with Gasteiger partial charge in [0.15, 0.2) is 0 Å². The van der Waals surface area contributed by atoms with E-state index in [0.29, 0.717) is 0 Å². The van der Waals surface area contributed by atoms with Crippen LogP contribution in [0.2, 0.25) is 0 Å². The first-order valence-corrected chi connectivity index (χ1v) is 12.7. The van der Waals surface area contributed by atoms with Crippen LogP contribution in [-0.4, -0.2) is 50.7 Å². The maximum absolute atomic E-state index is 3.62. The Balaban J connectivity index is 1.30. The zero-order valence-corrected chi connectivity index (χ0v) is 20.1. The topological polar surface area (TPSA) is 27.3 Å². The van der Waals surface area contributed by atoms with E-state index < -0.39 is 0 Å². The van der Waals surface area contributed by atoms with Crippen LogP contribution in [0.4, 0.5) is 0 Å². The third-order valence-corrected chi connectivity index (χ3v) is 6.08. The van der Waals surface area contributed by atoms with E-state index in [1.807, 2.05) is 0 Å². The monoisotopic (exact) mass is 443 g/mol. The number of benzene rings is 3. The molecule has 0 radical (unpaired) electrons. The minimum Gasteiger partial charge on any atom is -0.316 e. The highest BCUT2D eigenvalue weighted by atomic mass is 15.1. The number of hydrogen-bond acceptors (Lipinski definition) is 3. The SMILES string of the molecule is c1ccc(CCNCCCN(CCCNCCc2ccccc2)CCc2ccccc2)cc1. The molecule has 0 saturated heterocycles. The van der Waals surface area contributed by atoms with Crippen LogP contribution in [0.15, 0.2) is 91.0 Å². The molecule has 0 saturated carbocycles. The van der Waals surface area contributed by atoms with E-state index in [2.05, 4.69) is 107 Å². The molecule has 0 aliphatic heterocycles. The summed E-state index contributed by atoms with van der Waals surface area (Å²) < 4.78 is 0. The lowest BCUT2D eigenvalue weighted by molar-refractivity contribution is 0.268. The Morgan fingerprint density at radius 3 is 1.24 bits per heavy atom. The second-order valence-electron chi connectivity index (χ2n) is 8.76. The van der Waals surface area contributed by atoms with Gasteiger partial charge in [-0.05, 0) is 88.1 Å². The van der Waals surface area contributed by atoms with Gasteiger partial charge in [0.25, 0.3) is 0 Å². The fourth-order valence-corrected chi connectivity index (χ4v) is 4.13. The molecule has 2 N–H and O–H groups in total. The number of nitrogens with one attached hydrogen (secondary N) is 2. The van der Waals surface area contributed by atoms with Crippen molar-refractivity contribution >= 4 is 0 Å². The Kier molecular flexibility index (Phi) is 12.4. The average Bonchev–Trinajstić information content (AvgIpc) is 2.88. The zero-order valence-electron chi connectivity index (χ0n) is 20.1. The van der Waals surface area contributed by atoms with Crippen molar-refractivity contribution in [2.24, 2.45) is 0 Å². The van der Waals surface area contributed by atoms with Gasteiger partial charge in [0.2, 0.25) is 0 Å². The second-order valence-corrected chi connectivity index (χ2v) is 8.76. The van der Waals surface area contributed by atoms with Crippen LogP contribution >= 0.6 is 0 Å². The van der Waals surface area contributed by atoms with Crippen LogP contribution in [0.5, 0.6) is 0 Å². The van der Waals surface area contributed by atoms with Crippen molar-refractivity contribution in [1.29, 1.82) is 0 Å². The zero-order chi connectivity index (χ0) is 22.8. The van der Waals surface area contributed by atoms with E-state index in [0.717, 1.165) is 65.1 Å². The van der Waals surface area contributed by atoms with E-state index in [-0.39, 0.29) is 0 Å². The molecular formula is C30H41N3. The van der Waals surface area contributed by atoms with Gasteiger partial charge >= 0.3 is 0 Å². The molecule has 0 spiro atoms. The Hall–Kier alpha value is -2.46. The van der Waals surface area contributed by atoms with Gasteiger partial charge in [-0.15, -0.1) is 0 Å². The summed E-state index contributed by atoms with van der Waals surface area (Å²) >= 11 is 0. The molecule has 3 rings (SSSR count). The van der Waals surface area contributed by atoms with Gasteiger partial charge in [-0.1, -0.05) is 91.0 Å². The normalized spacial score (nSPS) is 11.2. The number of nitrogens with zero attached hydrogens (tertiary/aromatic N) is 1. The van der Waals surface area contributed by atoms with E-state index in [1.54, 1.807) is 0 Å². The predicted molar refractivity (Wildman–Crippen MR) is 142 cm³/mol. The molecule has 3 heteroatoms. The Labute approximate surface area is 201 Å². The van der Waals surface area contributed by atoms with Crippen LogP contribution in [0.1, 0.15) is 29.5 Å². The van der Waals surface area contributed by atoms with Crippen molar-refractivity contribution in [3.63, 3.8) is 0 Å². The van der Waals surface area contributed by atoms with Crippen molar-refractivity contribution in [2.75, 3.05) is 45.8 Å². The Morgan fingerprint density at radius 2 is 0.818 bits per heavy atom. The predicted octanol–water partition coefficient (Wildman–Crippen LogP) is 4.98. The van der Waals surface area contributed by atoms with Gasteiger partial charge in [0.1, 0.15) is 0 Å². The summed E-state index contributed by atoms with van der Waals surface area (Å²) in [7, 11) is 0. The first-order chi connectivity index (χ1) is 16.4. The third-order valence-electron chi connectivity index (χ3n) is 6.08. The summed E-state index contributed by atoms with van der Waals surface area (Å²) in [6, 6.07) is 32.4.